The van der Waals surface area contributed by atoms with Crippen molar-refractivity contribution < 1.29 is 19.1 Å². The van der Waals surface area contributed by atoms with E-state index in [-0.39, 0.29) is 12.5 Å². The van der Waals surface area contributed by atoms with E-state index in [4.69, 9.17) is 9.47 Å². The molecule has 0 aliphatic carbocycles. The molecule has 0 heterocycles. The van der Waals surface area contributed by atoms with Crippen LogP contribution in [0.3, 0.4) is 0 Å². The molecule has 0 saturated carbocycles. The molecule has 2 aromatic rings. The Morgan fingerprint density at radius 3 is 2.62 bits per heavy atom. The van der Waals surface area contributed by atoms with Gasteiger partial charge in [0.2, 0.25) is 0 Å². The Bertz CT molecular complexity index is 746. The number of rotatable bonds is 6. The second kappa shape index (κ2) is 8.49. The zero-order valence-electron chi connectivity index (χ0n) is 13.5. The summed E-state index contributed by atoms with van der Waals surface area (Å²) in [6, 6.07) is 12.5. The number of para-hydroxylation sites is 1. The molecule has 24 heavy (non-hydrogen) atoms. The number of carbonyl (C=O) groups excluding carboxylic acids is 2. The molecule has 5 nitrogen and oxygen atoms in total. The predicted octanol–water partition coefficient (Wildman–Crippen LogP) is 3.82. The van der Waals surface area contributed by atoms with Gasteiger partial charge in [0.05, 0.1) is 12.7 Å². The van der Waals surface area contributed by atoms with E-state index in [1.165, 1.54) is 7.11 Å². The van der Waals surface area contributed by atoms with Gasteiger partial charge in [-0.15, -0.1) is 0 Å². The van der Waals surface area contributed by atoms with Gasteiger partial charge in [-0.05, 0) is 52.2 Å². The standard InChI is InChI=1S/C18H18BrNO4/c1-3-12-6-4-5-7-16(12)20-17(21)11-24-18(22)14-10-13(23-2)8-9-15(14)19/h4-10H,3,11H2,1-2H3,(H,20,21). The molecule has 0 fully saturated rings. The molecule has 2 aromatic carbocycles. The molecule has 0 saturated heterocycles. The van der Waals surface area contributed by atoms with Gasteiger partial charge in [-0.1, -0.05) is 25.1 Å². The summed E-state index contributed by atoms with van der Waals surface area (Å²) in [6.45, 7) is 1.64. The number of hydrogen-bond donors (Lipinski definition) is 1. The van der Waals surface area contributed by atoms with Gasteiger partial charge in [0.1, 0.15) is 5.75 Å². The fourth-order valence-corrected chi connectivity index (χ4v) is 2.54. The van der Waals surface area contributed by atoms with Crippen LogP contribution in [0.15, 0.2) is 46.9 Å². The molecule has 6 heteroatoms. The first kappa shape index (κ1) is 18.0. The minimum absolute atomic E-state index is 0.302. The van der Waals surface area contributed by atoms with Crippen LogP contribution in [0.2, 0.25) is 0 Å². The minimum Gasteiger partial charge on any atom is -0.497 e. The van der Waals surface area contributed by atoms with Gasteiger partial charge in [-0.25, -0.2) is 4.79 Å². The summed E-state index contributed by atoms with van der Waals surface area (Å²) in [4.78, 5) is 24.1. The van der Waals surface area contributed by atoms with E-state index in [9.17, 15) is 9.59 Å². The second-order valence-corrected chi connectivity index (χ2v) is 5.84. The van der Waals surface area contributed by atoms with Crippen LogP contribution in [0.1, 0.15) is 22.8 Å². The smallest absolute Gasteiger partial charge is 0.339 e. The lowest BCUT2D eigenvalue weighted by Crippen LogP contribution is -2.21. The highest BCUT2D eigenvalue weighted by Gasteiger charge is 2.15. The molecule has 0 aliphatic rings. The summed E-state index contributed by atoms with van der Waals surface area (Å²) in [6.07, 6.45) is 0.799. The van der Waals surface area contributed by atoms with Crippen molar-refractivity contribution >= 4 is 33.5 Å². The number of anilines is 1. The molecule has 2 rings (SSSR count). The highest BCUT2D eigenvalue weighted by Crippen LogP contribution is 2.23. The SMILES string of the molecule is CCc1ccccc1NC(=O)COC(=O)c1cc(OC)ccc1Br. The Morgan fingerprint density at radius 1 is 1.17 bits per heavy atom. The number of hydrogen-bond acceptors (Lipinski definition) is 4. The fraction of sp³-hybridized carbons (Fsp3) is 0.222. The maximum absolute atomic E-state index is 12.1. The summed E-state index contributed by atoms with van der Waals surface area (Å²) in [5, 5.41) is 2.75. The Balaban J connectivity index is 1.97. The Labute approximate surface area is 149 Å². The van der Waals surface area contributed by atoms with Gasteiger partial charge < -0.3 is 14.8 Å². The third-order valence-corrected chi connectivity index (χ3v) is 4.09. The number of halogens is 1. The first-order valence-electron chi connectivity index (χ1n) is 7.43. The zero-order valence-corrected chi connectivity index (χ0v) is 15.1. The van der Waals surface area contributed by atoms with E-state index < -0.39 is 5.97 Å². The number of amides is 1. The van der Waals surface area contributed by atoms with E-state index in [1.54, 1.807) is 18.2 Å². The van der Waals surface area contributed by atoms with Gasteiger partial charge in [0.25, 0.3) is 5.91 Å². The Kier molecular flexibility index (Phi) is 6.37. The predicted molar refractivity (Wildman–Crippen MR) is 95.4 cm³/mol. The normalized spacial score (nSPS) is 10.1. The van der Waals surface area contributed by atoms with Crippen molar-refractivity contribution in [3.8, 4) is 5.75 Å². The van der Waals surface area contributed by atoms with Gasteiger partial charge in [0.15, 0.2) is 6.61 Å². The molecule has 0 unspecified atom stereocenters. The molecule has 0 bridgehead atoms. The average Bonchev–Trinajstić information content (AvgIpc) is 2.60. The van der Waals surface area contributed by atoms with Crippen molar-refractivity contribution in [2.75, 3.05) is 19.0 Å². The van der Waals surface area contributed by atoms with E-state index in [1.807, 2.05) is 31.2 Å². The highest BCUT2D eigenvalue weighted by molar-refractivity contribution is 9.10. The van der Waals surface area contributed by atoms with Gasteiger partial charge in [-0.3, -0.25) is 4.79 Å². The maximum atomic E-state index is 12.1. The lowest BCUT2D eigenvalue weighted by atomic mass is 10.1. The van der Waals surface area contributed by atoms with Crippen LogP contribution in [0, 0.1) is 0 Å². The van der Waals surface area contributed by atoms with E-state index in [0.717, 1.165) is 17.7 Å². The molecular formula is C18H18BrNO4. The van der Waals surface area contributed by atoms with Crippen molar-refractivity contribution in [2.24, 2.45) is 0 Å². The first-order chi connectivity index (χ1) is 11.5. The van der Waals surface area contributed by atoms with E-state index in [0.29, 0.717) is 15.8 Å². The topological polar surface area (TPSA) is 64.6 Å². The van der Waals surface area contributed by atoms with Crippen LogP contribution in [0.5, 0.6) is 5.75 Å². The van der Waals surface area contributed by atoms with Crippen LogP contribution >= 0.6 is 15.9 Å². The van der Waals surface area contributed by atoms with E-state index in [2.05, 4.69) is 21.2 Å². The molecule has 0 aromatic heterocycles. The molecule has 0 radical (unpaired) electrons. The average molecular weight is 392 g/mol. The van der Waals surface area contributed by atoms with Gasteiger partial charge >= 0.3 is 5.97 Å². The Hall–Kier alpha value is -2.34. The van der Waals surface area contributed by atoms with Gasteiger partial charge in [0, 0.05) is 10.2 Å². The monoisotopic (exact) mass is 391 g/mol. The molecule has 0 aliphatic heterocycles. The third-order valence-electron chi connectivity index (χ3n) is 3.40. The number of esters is 1. The van der Waals surface area contributed by atoms with Crippen molar-refractivity contribution in [3.63, 3.8) is 0 Å². The van der Waals surface area contributed by atoms with Crippen LogP contribution in [0.4, 0.5) is 5.69 Å². The number of aryl methyl sites for hydroxylation is 1. The lowest BCUT2D eigenvalue weighted by molar-refractivity contribution is -0.119. The number of carbonyl (C=O) groups is 2. The molecule has 1 amide bonds. The lowest BCUT2D eigenvalue weighted by Gasteiger charge is -2.11. The van der Waals surface area contributed by atoms with Crippen LogP contribution in [0.25, 0.3) is 0 Å². The Morgan fingerprint density at radius 2 is 1.92 bits per heavy atom. The minimum atomic E-state index is -0.597. The number of ether oxygens (including phenoxy) is 2. The summed E-state index contributed by atoms with van der Waals surface area (Å²) in [5.41, 5.74) is 2.05. The zero-order chi connectivity index (χ0) is 17.5. The molecule has 0 atom stereocenters. The fourth-order valence-electron chi connectivity index (χ4n) is 2.13. The quantitative estimate of drug-likeness (QED) is 0.760. The summed E-state index contributed by atoms with van der Waals surface area (Å²) >= 11 is 3.28. The van der Waals surface area contributed by atoms with Crippen molar-refractivity contribution in [1.82, 2.24) is 0 Å². The van der Waals surface area contributed by atoms with Gasteiger partial charge in [-0.2, -0.15) is 0 Å². The number of methoxy groups -OCH3 is 1. The largest absolute Gasteiger partial charge is 0.497 e. The summed E-state index contributed by atoms with van der Waals surface area (Å²) in [5.74, 6) is -0.450. The van der Waals surface area contributed by atoms with Crippen LogP contribution in [-0.2, 0) is 16.0 Å². The van der Waals surface area contributed by atoms with Crippen LogP contribution < -0.4 is 10.1 Å². The molecule has 126 valence electrons. The number of benzene rings is 2. The van der Waals surface area contributed by atoms with Crippen molar-refractivity contribution in [3.05, 3.63) is 58.1 Å². The molecule has 1 N–H and O–H groups in total. The number of nitrogens with one attached hydrogen (secondary N) is 1. The van der Waals surface area contributed by atoms with Crippen LogP contribution in [-0.4, -0.2) is 25.6 Å². The highest BCUT2D eigenvalue weighted by atomic mass is 79.9. The molecule has 0 spiro atoms. The third kappa shape index (κ3) is 4.58. The van der Waals surface area contributed by atoms with Crippen molar-refractivity contribution in [1.29, 1.82) is 0 Å². The van der Waals surface area contributed by atoms with Crippen molar-refractivity contribution in [2.45, 2.75) is 13.3 Å². The summed E-state index contributed by atoms with van der Waals surface area (Å²) in [7, 11) is 1.51. The second-order valence-electron chi connectivity index (χ2n) is 4.98. The molecular weight excluding hydrogens is 374 g/mol. The maximum Gasteiger partial charge on any atom is 0.339 e. The van der Waals surface area contributed by atoms with E-state index >= 15 is 0 Å². The first-order valence-corrected chi connectivity index (χ1v) is 8.22. The summed E-state index contributed by atoms with van der Waals surface area (Å²) < 4.78 is 10.7.